The van der Waals surface area contributed by atoms with Crippen molar-refractivity contribution in [3.05, 3.63) is 29.3 Å². The van der Waals surface area contributed by atoms with Crippen LogP contribution in [-0.2, 0) is 24.6 Å². The molecule has 0 amide bonds. The predicted molar refractivity (Wildman–Crippen MR) is 208 cm³/mol. The average molecular weight is 683 g/mol. The molecule has 5 heteroatoms. The fraction of sp³-hybridized carbons (Fsp3) is 0.850. The zero-order valence-corrected chi connectivity index (χ0v) is 32.5. The third-order valence-corrected chi connectivity index (χ3v) is 12.2. The molecular formula is C40H75O2PS2. The second-order valence-corrected chi connectivity index (χ2v) is 19.8. The van der Waals surface area contributed by atoms with Crippen molar-refractivity contribution >= 4 is 28.9 Å². The van der Waals surface area contributed by atoms with Crippen LogP contribution < -0.4 is 0 Å². The van der Waals surface area contributed by atoms with Gasteiger partial charge in [-0.25, -0.2) is 0 Å². The van der Waals surface area contributed by atoms with Gasteiger partial charge in [-0.3, -0.25) is 0 Å². The number of benzene rings is 1. The van der Waals surface area contributed by atoms with Crippen molar-refractivity contribution in [1.29, 1.82) is 0 Å². The molecule has 0 saturated heterocycles. The van der Waals surface area contributed by atoms with E-state index < -0.39 is 5.69 Å². The number of unbranched alkanes of at least 4 members (excludes halogenated alkanes) is 28. The Morgan fingerprint density at radius 2 is 0.733 bits per heavy atom. The fourth-order valence-electron chi connectivity index (χ4n) is 6.65. The van der Waals surface area contributed by atoms with Gasteiger partial charge in [0.25, 0.3) is 0 Å². The van der Waals surface area contributed by atoms with Gasteiger partial charge in [-0.15, -0.1) is 0 Å². The molecule has 2 N–H and O–H groups in total. The van der Waals surface area contributed by atoms with Crippen LogP contribution in [0.25, 0.3) is 0 Å². The molecule has 1 aromatic rings. The molecular weight excluding hydrogens is 608 g/mol. The molecule has 0 spiro atoms. The highest BCUT2D eigenvalue weighted by Gasteiger charge is 2.12. The number of aryl methyl sites for hydroxylation is 2. The normalized spacial score (nSPS) is 11.9. The third-order valence-electron chi connectivity index (χ3n) is 9.50. The van der Waals surface area contributed by atoms with Crippen molar-refractivity contribution < 1.29 is 9.79 Å². The quantitative estimate of drug-likeness (QED) is 0.0561. The van der Waals surface area contributed by atoms with Gasteiger partial charge in [-0.1, -0.05) is 200 Å². The SMILES string of the molecule is CCCCCCCCCCCCCCCCCc1ccc(SP(O)(O)=S)cc1CCCCCCCCCCCCCCCCC. The second-order valence-electron chi connectivity index (χ2n) is 13.9. The van der Waals surface area contributed by atoms with Gasteiger partial charge in [-0.2, -0.15) is 0 Å². The largest absolute Gasteiger partial charge is 0.337 e. The van der Waals surface area contributed by atoms with Crippen LogP contribution in [0.15, 0.2) is 23.1 Å². The summed E-state index contributed by atoms with van der Waals surface area (Å²) in [5, 5.41) is 0. The lowest BCUT2D eigenvalue weighted by molar-refractivity contribution is 0.502. The Bertz CT molecular complexity index is 825. The summed E-state index contributed by atoms with van der Waals surface area (Å²) in [5.74, 6) is 0. The molecule has 1 aromatic carbocycles. The highest BCUT2D eigenvalue weighted by atomic mass is 32.9. The van der Waals surface area contributed by atoms with Crippen LogP contribution in [0.4, 0.5) is 0 Å². The maximum atomic E-state index is 9.84. The van der Waals surface area contributed by atoms with Crippen molar-refractivity contribution in [1.82, 2.24) is 0 Å². The van der Waals surface area contributed by atoms with Crippen LogP contribution in [0.2, 0.25) is 0 Å². The Labute approximate surface area is 291 Å². The van der Waals surface area contributed by atoms with Gasteiger partial charge >= 0.3 is 0 Å². The highest BCUT2D eigenvalue weighted by Crippen LogP contribution is 2.55. The van der Waals surface area contributed by atoms with E-state index in [2.05, 4.69) is 32.0 Å². The fourth-order valence-corrected chi connectivity index (χ4v) is 9.18. The molecule has 0 atom stereocenters. The summed E-state index contributed by atoms with van der Waals surface area (Å²) in [5.41, 5.74) is -0.421. The van der Waals surface area contributed by atoms with Gasteiger partial charge in [0, 0.05) is 4.90 Å². The molecule has 0 aromatic heterocycles. The Kier molecular flexibility index (Phi) is 30.1. The molecule has 2 nitrogen and oxygen atoms in total. The zero-order valence-electron chi connectivity index (χ0n) is 30.0. The molecule has 0 bridgehead atoms. The Morgan fingerprint density at radius 3 is 1.04 bits per heavy atom. The van der Waals surface area contributed by atoms with E-state index in [9.17, 15) is 9.79 Å². The topological polar surface area (TPSA) is 40.5 Å². The number of hydrogen-bond donors (Lipinski definition) is 2. The minimum Gasteiger partial charge on any atom is -0.337 e. The van der Waals surface area contributed by atoms with Crippen molar-refractivity contribution in [3.8, 4) is 0 Å². The summed E-state index contributed by atoms with van der Waals surface area (Å²) >= 11 is 5.98. The molecule has 0 aliphatic rings. The van der Waals surface area contributed by atoms with Gasteiger partial charge in [-0.05, 0) is 72.1 Å². The summed E-state index contributed by atoms with van der Waals surface area (Å²) in [4.78, 5) is 20.6. The van der Waals surface area contributed by atoms with E-state index in [4.69, 9.17) is 11.8 Å². The maximum absolute atomic E-state index is 9.84. The Hall–Kier alpha value is 0.140. The first-order valence-corrected chi connectivity index (χ1v) is 24.0. The number of hydrogen-bond acceptors (Lipinski definition) is 2. The van der Waals surface area contributed by atoms with E-state index in [1.807, 2.05) is 0 Å². The zero-order chi connectivity index (χ0) is 32.7. The molecule has 0 radical (unpaired) electrons. The molecule has 264 valence electrons. The molecule has 0 aliphatic carbocycles. The summed E-state index contributed by atoms with van der Waals surface area (Å²) in [6.07, 6.45) is 44.1. The van der Waals surface area contributed by atoms with Crippen molar-refractivity contribution in [3.63, 3.8) is 0 Å². The van der Waals surface area contributed by atoms with Gasteiger partial charge in [0.15, 0.2) is 0 Å². The average Bonchev–Trinajstić information content (AvgIpc) is 3.01. The molecule has 0 saturated carbocycles. The smallest absolute Gasteiger partial charge is 0.246 e. The van der Waals surface area contributed by atoms with E-state index in [1.165, 1.54) is 204 Å². The standard InChI is InChI=1S/C40H75O2PS2/c1-3-5-7-9-11-13-15-17-19-21-23-25-27-29-31-33-38-35-36-40(45-43(41,42)44)37-39(38)34-32-30-28-26-24-22-20-18-16-14-12-10-8-6-4-2/h35-37H,3-34H2,1-2H3,(H2,41,42,44). The number of rotatable bonds is 34. The van der Waals surface area contributed by atoms with E-state index in [0.29, 0.717) is 0 Å². The highest BCUT2D eigenvalue weighted by molar-refractivity contribution is 8.67. The molecule has 0 heterocycles. The summed E-state index contributed by atoms with van der Waals surface area (Å²) in [6.45, 7) is 4.59. The Balaban J connectivity index is 2.18. The maximum Gasteiger partial charge on any atom is 0.246 e. The van der Waals surface area contributed by atoms with Crippen LogP contribution in [0.5, 0.6) is 0 Å². The summed E-state index contributed by atoms with van der Waals surface area (Å²) < 4.78 is 0. The van der Waals surface area contributed by atoms with Crippen molar-refractivity contribution in [2.24, 2.45) is 0 Å². The summed E-state index contributed by atoms with van der Waals surface area (Å²) in [7, 11) is 0. The van der Waals surface area contributed by atoms with Crippen molar-refractivity contribution in [2.75, 3.05) is 0 Å². The lowest BCUT2D eigenvalue weighted by Crippen LogP contribution is -1.97. The first-order valence-electron chi connectivity index (χ1n) is 19.8. The third kappa shape index (κ3) is 28.8. The molecule has 1 rings (SSSR count). The van der Waals surface area contributed by atoms with Crippen LogP contribution in [0.3, 0.4) is 0 Å². The molecule has 45 heavy (non-hydrogen) atoms. The minimum atomic E-state index is -3.29. The van der Waals surface area contributed by atoms with Gasteiger partial charge in [0.05, 0.1) is 0 Å². The van der Waals surface area contributed by atoms with Gasteiger partial charge < -0.3 is 9.79 Å². The molecule has 0 unspecified atom stereocenters. The first kappa shape index (κ1) is 43.2. The molecule has 0 fully saturated rings. The first-order chi connectivity index (χ1) is 22.0. The van der Waals surface area contributed by atoms with Crippen LogP contribution in [-0.4, -0.2) is 9.79 Å². The monoisotopic (exact) mass is 682 g/mol. The summed E-state index contributed by atoms with van der Waals surface area (Å²) in [6, 6.07) is 6.48. The Morgan fingerprint density at radius 1 is 0.444 bits per heavy atom. The van der Waals surface area contributed by atoms with E-state index >= 15 is 0 Å². The minimum absolute atomic E-state index is 0.916. The molecule has 0 aliphatic heterocycles. The van der Waals surface area contributed by atoms with E-state index in [0.717, 1.165) is 29.1 Å². The lowest BCUT2D eigenvalue weighted by Gasteiger charge is -2.13. The van der Waals surface area contributed by atoms with E-state index in [-0.39, 0.29) is 0 Å². The van der Waals surface area contributed by atoms with Crippen LogP contribution in [0.1, 0.15) is 218 Å². The second kappa shape index (κ2) is 31.4. The van der Waals surface area contributed by atoms with Gasteiger partial charge in [0.2, 0.25) is 5.69 Å². The predicted octanol–water partition coefficient (Wildman–Crippen LogP) is 14.8. The van der Waals surface area contributed by atoms with Crippen LogP contribution >= 0.6 is 17.1 Å². The lowest BCUT2D eigenvalue weighted by atomic mass is 9.96. The van der Waals surface area contributed by atoms with Gasteiger partial charge in [0.1, 0.15) is 0 Å². The van der Waals surface area contributed by atoms with Crippen molar-refractivity contribution in [2.45, 2.75) is 224 Å². The van der Waals surface area contributed by atoms with E-state index in [1.54, 1.807) is 0 Å². The van der Waals surface area contributed by atoms with Crippen LogP contribution in [0, 0.1) is 0 Å².